The number of benzene rings is 2. The van der Waals surface area contributed by atoms with Crippen molar-refractivity contribution in [3.8, 4) is 12.3 Å². The summed E-state index contributed by atoms with van der Waals surface area (Å²) in [4.78, 5) is 2.50. The fraction of sp³-hybridized carbons (Fsp3) is 0.391. The summed E-state index contributed by atoms with van der Waals surface area (Å²) in [6, 6.07) is 21.6. The molecule has 0 amide bonds. The normalized spacial score (nSPS) is 16.7. The van der Waals surface area contributed by atoms with Gasteiger partial charge in [-0.15, -0.1) is 6.42 Å². The SMILES string of the molecule is C#CC(C1CCCCC1)N(Cc1ccccc1)Cc1ccccc1. The number of hydrogen-bond donors (Lipinski definition) is 0. The lowest BCUT2D eigenvalue weighted by Crippen LogP contribution is -2.39. The summed E-state index contributed by atoms with van der Waals surface area (Å²) in [7, 11) is 0. The van der Waals surface area contributed by atoms with Gasteiger partial charge in [-0.3, -0.25) is 4.90 Å². The molecule has 1 aliphatic rings. The van der Waals surface area contributed by atoms with Crippen LogP contribution in [0.3, 0.4) is 0 Å². The zero-order chi connectivity index (χ0) is 16.6. The molecule has 1 nitrogen and oxygen atoms in total. The van der Waals surface area contributed by atoms with E-state index in [1.54, 1.807) is 0 Å². The second-order valence-electron chi connectivity index (χ2n) is 6.89. The lowest BCUT2D eigenvalue weighted by molar-refractivity contribution is 0.141. The lowest BCUT2D eigenvalue weighted by Gasteiger charge is -2.36. The van der Waals surface area contributed by atoms with E-state index in [1.165, 1.54) is 43.2 Å². The minimum atomic E-state index is 0.228. The van der Waals surface area contributed by atoms with Crippen molar-refractivity contribution in [2.24, 2.45) is 5.92 Å². The van der Waals surface area contributed by atoms with Crippen molar-refractivity contribution in [1.29, 1.82) is 0 Å². The molecule has 0 N–H and O–H groups in total. The Morgan fingerprint density at radius 2 is 1.33 bits per heavy atom. The van der Waals surface area contributed by atoms with E-state index in [2.05, 4.69) is 71.5 Å². The monoisotopic (exact) mass is 317 g/mol. The molecule has 2 aromatic carbocycles. The van der Waals surface area contributed by atoms with Crippen molar-refractivity contribution in [1.82, 2.24) is 4.90 Å². The molecule has 0 saturated heterocycles. The van der Waals surface area contributed by atoms with Gasteiger partial charge in [0.1, 0.15) is 0 Å². The summed E-state index contributed by atoms with van der Waals surface area (Å²) in [5.41, 5.74) is 2.67. The van der Waals surface area contributed by atoms with Gasteiger partial charge in [-0.2, -0.15) is 0 Å². The highest BCUT2D eigenvalue weighted by atomic mass is 15.2. The van der Waals surface area contributed by atoms with Crippen molar-refractivity contribution in [3.05, 3.63) is 71.8 Å². The Labute approximate surface area is 146 Å². The molecule has 0 aromatic heterocycles. The van der Waals surface area contributed by atoms with Crippen LogP contribution in [0.5, 0.6) is 0 Å². The van der Waals surface area contributed by atoms with Crippen LogP contribution in [0.1, 0.15) is 43.2 Å². The minimum Gasteiger partial charge on any atom is -0.281 e. The van der Waals surface area contributed by atoms with Crippen molar-refractivity contribution < 1.29 is 0 Å². The molecule has 0 bridgehead atoms. The second-order valence-corrected chi connectivity index (χ2v) is 6.89. The quantitative estimate of drug-likeness (QED) is 0.656. The Morgan fingerprint density at radius 1 is 0.833 bits per heavy atom. The first-order valence-electron chi connectivity index (χ1n) is 9.15. The van der Waals surface area contributed by atoms with E-state index in [0.29, 0.717) is 5.92 Å². The van der Waals surface area contributed by atoms with Crippen LogP contribution in [0.25, 0.3) is 0 Å². The summed E-state index contributed by atoms with van der Waals surface area (Å²) in [6.45, 7) is 1.84. The first kappa shape index (κ1) is 16.8. The van der Waals surface area contributed by atoms with Gasteiger partial charge in [-0.25, -0.2) is 0 Å². The Bertz CT molecular complexity index is 593. The van der Waals surface area contributed by atoms with Crippen LogP contribution in [-0.2, 0) is 13.1 Å². The summed E-state index contributed by atoms with van der Waals surface area (Å²) in [5.74, 6) is 3.77. The van der Waals surface area contributed by atoms with Crippen LogP contribution in [0, 0.1) is 18.3 Å². The largest absolute Gasteiger partial charge is 0.281 e. The van der Waals surface area contributed by atoms with Gasteiger partial charge in [0.25, 0.3) is 0 Å². The highest BCUT2D eigenvalue weighted by molar-refractivity contribution is 5.19. The molecule has 3 rings (SSSR count). The fourth-order valence-electron chi connectivity index (χ4n) is 3.88. The van der Waals surface area contributed by atoms with Crippen molar-refractivity contribution in [2.45, 2.75) is 51.2 Å². The van der Waals surface area contributed by atoms with Gasteiger partial charge in [0.2, 0.25) is 0 Å². The van der Waals surface area contributed by atoms with Crippen molar-refractivity contribution in [3.63, 3.8) is 0 Å². The number of hydrogen-bond acceptors (Lipinski definition) is 1. The Kier molecular flexibility index (Phi) is 6.10. The summed E-state index contributed by atoms with van der Waals surface area (Å²) in [5, 5.41) is 0. The Balaban J connectivity index is 1.80. The molecule has 124 valence electrons. The maximum Gasteiger partial charge on any atom is 0.0746 e. The highest BCUT2D eigenvalue weighted by Gasteiger charge is 2.27. The van der Waals surface area contributed by atoms with Gasteiger partial charge in [0.15, 0.2) is 0 Å². The van der Waals surface area contributed by atoms with Gasteiger partial charge < -0.3 is 0 Å². The van der Waals surface area contributed by atoms with Crippen molar-refractivity contribution >= 4 is 0 Å². The smallest absolute Gasteiger partial charge is 0.0746 e. The van der Waals surface area contributed by atoms with E-state index in [0.717, 1.165) is 13.1 Å². The predicted octanol–water partition coefficient (Wildman–Crippen LogP) is 5.27. The van der Waals surface area contributed by atoms with Crippen LogP contribution in [-0.4, -0.2) is 10.9 Å². The standard InChI is InChI=1S/C23H27N/c1-2-23(22-16-10-5-11-17-22)24(18-20-12-6-3-7-13-20)19-21-14-8-4-9-15-21/h1,3-4,6-9,12-15,22-23H,5,10-11,16-19H2. The summed E-state index contributed by atoms with van der Waals surface area (Å²) < 4.78 is 0. The average Bonchev–Trinajstić information content (AvgIpc) is 2.65. The fourth-order valence-corrected chi connectivity index (χ4v) is 3.88. The van der Waals surface area contributed by atoms with E-state index in [9.17, 15) is 0 Å². The molecule has 1 saturated carbocycles. The third kappa shape index (κ3) is 4.49. The zero-order valence-corrected chi connectivity index (χ0v) is 14.4. The van der Waals surface area contributed by atoms with E-state index >= 15 is 0 Å². The summed E-state index contributed by atoms with van der Waals surface area (Å²) in [6.07, 6.45) is 12.6. The van der Waals surface area contributed by atoms with Crippen LogP contribution in [0.2, 0.25) is 0 Å². The van der Waals surface area contributed by atoms with Crippen LogP contribution >= 0.6 is 0 Å². The molecule has 1 heteroatoms. The molecule has 1 atom stereocenters. The molecule has 1 fully saturated rings. The molecule has 0 spiro atoms. The number of nitrogens with zero attached hydrogens (tertiary/aromatic N) is 1. The van der Waals surface area contributed by atoms with Gasteiger partial charge in [0, 0.05) is 13.1 Å². The van der Waals surface area contributed by atoms with Crippen molar-refractivity contribution in [2.75, 3.05) is 0 Å². The molecule has 0 heterocycles. The molecular formula is C23H27N. The summed E-state index contributed by atoms with van der Waals surface area (Å²) >= 11 is 0. The van der Waals surface area contributed by atoms with Gasteiger partial charge in [0.05, 0.1) is 6.04 Å². The van der Waals surface area contributed by atoms with E-state index in [-0.39, 0.29) is 6.04 Å². The maximum absolute atomic E-state index is 6.02. The van der Waals surface area contributed by atoms with E-state index < -0.39 is 0 Å². The van der Waals surface area contributed by atoms with E-state index in [4.69, 9.17) is 6.42 Å². The van der Waals surface area contributed by atoms with Crippen LogP contribution < -0.4 is 0 Å². The van der Waals surface area contributed by atoms with Crippen LogP contribution in [0.15, 0.2) is 60.7 Å². The number of rotatable bonds is 6. The first-order chi connectivity index (χ1) is 11.9. The molecule has 0 aliphatic heterocycles. The van der Waals surface area contributed by atoms with Crippen LogP contribution in [0.4, 0.5) is 0 Å². The second kappa shape index (κ2) is 8.71. The third-order valence-electron chi connectivity index (χ3n) is 5.12. The predicted molar refractivity (Wildman–Crippen MR) is 101 cm³/mol. The minimum absolute atomic E-state index is 0.228. The first-order valence-corrected chi connectivity index (χ1v) is 9.15. The maximum atomic E-state index is 6.02. The van der Waals surface area contributed by atoms with E-state index in [1.807, 2.05) is 0 Å². The highest BCUT2D eigenvalue weighted by Crippen LogP contribution is 2.30. The lowest BCUT2D eigenvalue weighted by atomic mass is 9.83. The zero-order valence-electron chi connectivity index (χ0n) is 14.4. The number of terminal acetylenes is 1. The topological polar surface area (TPSA) is 3.24 Å². The van der Waals surface area contributed by atoms with Gasteiger partial charge in [-0.1, -0.05) is 85.8 Å². The average molecular weight is 317 g/mol. The molecule has 0 radical (unpaired) electrons. The Hall–Kier alpha value is -2.04. The Morgan fingerprint density at radius 3 is 1.79 bits per heavy atom. The van der Waals surface area contributed by atoms with Gasteiger partial charge in [-0.05, 0) is 29.9 Å². The molecule has 1 aliphatic carbocycles. The molecule has 1 unspecified atom stereocenters. The molecule has 24 heavy (non-hydrogen) atoms. The molecular weight excluding hydrogens is 290 g/mol. The molecule has 2 aromatic rings. The van der Waals surface area contributed by atoms with Gasteiger partial charge >= 0.3 is 0 Å². The third-order valence-corrected chi connectivity index (χ3v) is 5.12.